The number of aliphatic hydroxyl groups is 1. The third-order valence-electron chi connectivity index (χ3n) is 5.05. The van der Waals surface area contributed by atoms with Crippen LogP contribution in [0.15, 0.2) is 54.1 Å². The first-order valence-corrected chi connectivity index (χ1v) is 9.36. The fourth-order valence-corrected chi connectivity index (χ4v) is 3.38. The smallest absolute Gasteiger partial charge is 0.295 e. The summed E-state index contributed by atoms with van der Waals surface area (Å²) in [5, 5.41) is 11.0. The van der Waals surface area contributed by atoms with Crippen LogP contribution in [0.1, 0.15) is 28.3 Å². The molecule has 1 amide bonds. The number of nitrogens with zero attached hydrogens (tertiary/aromatic N) is 2. The molecule has 2 aromatic carbocycles. The van der Waals surface area contributed by atoms with Crippen molar-refractivity contribution in [3.8, 4) is 0 Å². The lowest BCUT2D eigenvalue weighted by Crippen LogP contribution is -2.35. The Morgan fingerprint density at radius 3 is 2.04 bits per heavy atom. The predicted molar refractivity (Wildman–Crippen MR) is 110 cm³/mol. The van der Waals surface area contributed by atoms with Crippen LogP contribution in [0.5, 0.6) is 0 Å². The van der Waals surface area contributed by atoms with Crippen LogP contribution in [0.3, 0.4) is 0 Å². The second kappa shape index (κ2) is 7.98. The maximum absolute atomic E-state index is 12.9. The molecule has 1 aliphatic rings. The fourth-order valence-electron chi connectivity index (χ4n) is 3.38. The van der Waals surface area contributed by atoms with E-state index in [2.05, 4.69) is 0 Å². The number of benzene rings is 2. The minimum Gasteiger partial charge on any atom is -0.507 e. The fraction of sp³-hybridized carbons (Fsp3) is 0.304. The van der Waals surface area contributed by atoms with E-state index in [9.17, 15) is 14.7 Å². The van der Waals surface area contributed by atoms with Crippen molar-refractivity contribution in [3.63, 3.8) is 0 Å². The van der Waals surface area contributed by atoms with Crippen molar-refractivity contribution in [3.05, 3.63) is 76.4 Å². The van der Waals surface area contributed by atoms with Gasteiger partial charge in [-0.25, -0.2) is 0 Å². The summed E-state index contributed by atoms with van der Waals surface area (Å²) in [6.07, 6.45) is 0. The van der Waals surface area contributed by atoms with Gasteiger partial charge in [0.05, 0.1) is 11.6 Å². The third kappa shape index (κ3) is 3.85. The van der Waals surface area contributed by atoms with Crippen LogP contribution in [-0.2, 0) is 9.59 Å². The highest BCUT2D eigenvalue weighted by atomic mass is 16.3. The Kier molecular flexibility index (Phi) is 5.66. The van der Waals surface area contributed by atoms with Gasteiger partial charge in [-0.1, -0.05) is 59.7 Å². The standard InChI is InChI=1S/C23H26N2O3/c1-15-5-9-17(10-6-15)20-19(21(26)18-11-7-16(2)8-12-18)22(27)23(28)25(20)14-13-24(3)4/h5-12,20,26H,13-14H2,1-4H3/b21-19-. The van der Waals surface area contributed by atoms with Crippen LogP contribution < -0.4 is 0 Å². The molecule has 0 spiro atoms. The van der Waals surface area contributed by atoms with Gasteiger partial charge < -0.3 is 14.9 Å². The van der Waals surface area contributed by atoms with Crippen LogP contribution >= 0.6 is 0 Å². The normalized spacial score (nSPS) is 18.9. The monoisotopic (exact) mass is 378 g/mol. The van der Waals surface area contributed by atoms with E-state index in [1.165, 1.54) is 0 Å². The lowest BCUT2D eigenvalue weighted by atomic mass is 9.94. The van der Waals surface area contributed by atoms with Crippen molar-refractivity contribution in [1.29, 1.82) is 0 Å². The summed E-state index contributed by atoms with van der Waals surface area (Å²) in [7, 11) is 3.84. The molecule has 5 nitrogen and oxygen atoms in total. The number of hydrogen-bond acceptors (Lipinski definition) is 4. The Hall–Kier alpha value is -2.92. The molecular formula is C23H26N2O3. The molecule has 0 saturated carbocycles. The van der Waals surface area contributed by atoms with Gasteiger partial charge in [-0.3, -0.25) is 9.59 Å². The van der Waals surface area contributed by atoms with Crippen molar-refractivity contribution in [2.45, 2.75) is 19.9 Å². The molecular weight excluding hydrogens is 352 g/mol. The van der Waals surface area contributed by atoms with E-state index in [4.69, 9.17) is 0 Å². The van der Waals surface area contributed by atoms with Crippen LogP contribution in [0.2, 0.25) is 0 Å². The molecule has 1 heterocycles. The zero-order valence-corrected chi connectivity index (χ0v) is 16.8. The average molecular weight is 378 g/mol. The SMILES string of the molecule is Cc1ccc(/C(O)=C2/C(=O)C(=O)N(CCN(C)C)C2c2ccc(C)cc2)cc1. The molecule has 1 fully saturated rings. The van der Waals surface area contributed by atoms with Crippen molar-refractivity contribution in [2.75, 3.05) is 27.2 Å². The molecule has 28 heavy (non-hydrogen) atoms. The minimum absolute atomic E-state index is 0.128. The number of aryl methyl sites for hydroxylation is 2. The van der Waals surface area contributed by atoms with Gasteiger partial charge in [-0.15, -0.1) is 0 Å². The molecule has 5 heteroatoms. The lowest BCUT2D eigenvalue weighted by molar-refractivity contribution is -0.140. The number of hydrogen-bond donors (Lipinski definition) is 1. The number of aliphatic hydroxyl groups excluding tert-OH is 1. The molecule has 0 bridgehead atoms. The van der Waals surface area contributed by atoms with Crippen LogP contribution in [0, 0.1) is 13.8 Å². The highest BCUT2D eigenvalue weighted by molar-refractivity contribution is 6.46. The van der Waals surface area contributed by atoms with Crippen molar-refractivity contribution < 1.29 is 14.7 Å². The molecule has 2 aromatic rings. The summed E-state index contributed by atoms with van der Waals surface area (Å²) in [5.41, 5.74) is 3.65. The van der Waals surface area contributed by atoms with Crippen molar-refractivity contribution >= 4 is 17.4 Å². The zero-order chi connectivity index (χ0) is 20.4. The lowest BCUT2D eigenvalue weighted by Gasteiger charge is -2.26. The Balaban J connectivity index is 2.13. The average Bonchev–Trinajstić information content (AvgIpc) is 2.91. The molecule has 3 rings (SSSR count). The van der Waals surface area contributed by atoms with Gasteiger partial charge in [-0.05, 0) is 33.5 Å². The van der Waals surface area contributed by atoms with Gasteiger partial charge in [0.1, 0.15) is 5.76 Å². The maximum atomic E-state index is 12.9. The third-order valence-corrected chi connectivity index (χ3v) is 5.05. The first-order chi connectivity index (χ1) is 13.3. The number of carbonyl (C=O) groups is 2. The van der Waals surface area contributed by atoms with Gasteiger partial charge in [-0.2, -0.15) is 0 Å². The van der Waals surface area contributed by atoms with Gasteiger partial charge in [0, 0.05) is 18.7 Å². The van der Waals surface area contributed by atoms with Gasteiger partial charge >= 0.3 is 0 Å². The first kappa shape index (κ1) is 19.8. The predicted octanol–water partition coefficient (Wildman–Crippen LogP) is 3.29. The van der Waals surface area contributed by atoms with Gasteiger partial charge in [0.15, 0.2) is 0 Å². The summed E-state index contributed by atoms with van der Waals surface area (Å²) in [6.45, 7) is 4.97. The summed E-state index contributed by atoms with van der Waals surface area (Å²) in [5.74, 6) is -1.33. The second-order valence-corrected chi connectivity index (χ2v) is 7.57. The molecule has 1 saturated heterocycles. The largest absolute Gasteiger partial charge is 0.507 e. The number of ketones is 1. The number of Topliss-reactive ketones (excluding diaryl/α,β-unsaturated/α-hetero) is 1. The van der Waals surface area contributed by atoms with Crippen LogP contribution in [0.4, 0.5) is 0 Å². The van der Waals surface area contributed by atoms with Crippen LogP contribution in [0.25, 0.3) is 5.76 Å². The molecule has 1 atom stereocenters. The van der Waals surface area contributed by atoms with E-state index in [1.54, 1.807) is 17.0 Å². The molecule has 0 aromatic heterocycles. The topological polar surface area (TPSA) is 60.9 Å². The van der Waals surface area contributed by atoms with E-state index in [0.29, 0.717) is 18.7 Å². The van der Waals surface area contributed by atoms with E-state index >= 15 is 0 Å². The molecule has 146 valence electrons. The maximum Gasteiger partial charge on any atom is 0.295 e. The van der Waals surface area contributed by atoms with Gasteiger partial charge in [0.25, 0.3) is 11.7 Å². The van der Waals surface area contributed by atoms with E-state index in [-0.39, 0.29) is 11.3 Å². The molecule has 0 aliphatic carbocycles. The first-order valence-electron chi connectivity index (χ1n) is 9.36. The Morgan fingerprint density at radius 1 is 0.964 bits per heavy atom. The zero-order valence-electron chi connectivity index (χ0n) is 16.8. The number of carbonyl (C=O) groups excluding carboxylic acids is 2. The minimum atomic E-state index is -0.637. The van der Waals surface area contributed by atoms with Gasteiger partial charge in [0.2, 0.25) is 0 Å². The summed E-state index contributed by atoms with van der Waals surface area (Å²) < 4.78 is 0. The number of likely N-dealkylation sites (tertiary alicyclic amines) is 1. The van der Waals surface area contributed by atoms with Crippen molar-refractivity contribution in [2.24, 2.45) is 0 Å². The molecule has 1 aliphatic heterocycles. The highest BCUT2D eigenvalue weighted by Crippen LogP contribution is 2.39. The number of rotatable bonds is 5. The Labute approximate surface area is 165 Å². The quantitative estimate of drug-likeness (QED) is 0.493. The summed E-state index contributed by atoms with van der Waals surface area (Å²) >= 11 is 0. The van der Waals surface area contributed by atoms with Crippen molar-refractivity contribution in [1.82, 2.24) is 9.80 Å². The Bertz CT molecular complexity index is 912. The molecule has 0 radical (unpaired) electrons. The summed E-state index contributed by atoms with van der Waals surface area (Å²) in [6, 6.07) is 14.4. The molecule has 1 N–H and O–H groups in total. The van der Waals surface area contributed by atoms with E-state index in [1.807, 2.05) is 69.2 Å². The highest BCUT2D eigenvalue weighted by Gasteiger charge is 2.45. The van der Waals surface area contributed by atoms with Crippen LogP contribution in [-0.4, -0.2) is 53.8 Å². The van der Waals surface area contributed by atoms with E-state index in [0.717, 1.165) is 16.7 Å². The van der Waals surface area contributed by atoms with E-state index < -0.39 is 17.7 Å². The molecule has 1 unspecified atom stereocenters. The summed E-state index contributed by atoms with van der Waals surface area (Å²) in [4.78, 5) is 29.2. The number of likely N-dealkylation sites (N-methyl/N-ethyl adjacent to an activating group) is 1. The second-order valence-electron chi connectivity index (χ2n) is 7.57. The Morgan fingerprint density at radius 2 is 1.50 bits per heavy atom. The number of amides is 1.